The van der Waals surface area contributed by atoms with E-state index in [0.29, 0.717) is 17.8 Å². The van der Waals surface area contributed by atoms with Crippen LogP contribution in [0.2, 0.25) is 0 Å². The summed E-state index contributed by atoms with van der Waals surface area (Å²) in [6.45, 7) is 4.42. The van der Waals surface area contributed by atoms with Gasteiger partial charge in [0.1, 0.15) is 0 Å². The highest BCUT2D eigenvalue weighted by Crippen LogP contribution is 2.23. The molecule has 1 fully saturated rings. The van der Waals surface area contributed by atoms with Crippen LogP contribution in [-0.4, -0.2) is 45.4 Å². The predicted octanol–water partition coefficient (Wildman–Crippen LogP) is 3.41. The van der Waals surface area contributed by atoms with E-state index in [9.17, 15) is 4.79 Å². The summed E-state index contributed by atoms with van der Waals surface area (Å²) in [7, 11) is 0. The summed E-state index contributed by atoms with van der Waals surface area (Å²) in [6.07, 6.45) is 7.65. The van der Waals surface area contributed by atoms with Crippen LogP contribution in [0.4, 0.5) is 4.79 Å². The summed E-state index contributed by atoms with van der Waals surface area (Å²) in [5.74, 6) is 0. The summed E-state index contributed by atoms with van der Waals surface area (Å²) < 4.78 is 2.15. The molecule has 0 bridgehead atoms. The number of nitrogens with zero attached hydrogens (tertiary/aromatic N) is 3. The molecule has 1 aromatic heterocycles. The Hall–Kier alpha value is -1.95. The molecule has 2 amide bonds. The van der Waals surface area contributed by atoms with Gasteiger partial charge in [0.15, 0.2) is 0 Å². The maximum Gasteiger partial charge on any atom is 0.317 e. The van der Waals surface area contributed by atoms with Gasteiger partial charge in [-0.2, -0.15) is 0 Å². The summed E-state index contributed by atoms with van der Waals surface area (Å²) in [5, 5.41) is 3.42. The number of hydrogen-bond donors (Lipinski definition) is 1. The first-order chi connectivity index (χ1) is 11.7. The molecule has 0 aliphatic carbocycles. The molecule has 1 aliphatic heterocycles. The lowest BCUT2D eigenvalue weighted by atomic mass is 10.1. The number of urea groups is 1. The van der Waals surface area contributed by atoms with Gasteiger partial charge in [0.2, 0.25) is 0 Å². The summed E-state index contributed by atoms with van der Waals surface area (Å²) in [6, 6.07) is 10.8. The second-order valence-corrected chi connectivity index (χ2v) is 7.67. The van der Waals surface area contributed by atoms with Gasteiger partial charge in [0.05, 0.1) is 6.33 Å². The first-order valence-electron chi connectivity index (χ1n) is 8.44. The number of thioether (sulfide) groups is 1. The predicted molar refractivity (Wildman–Crippen MR) is 97.2 cm³/mol. The minimum atomic E-state index is 0.0552. The quantitative estimate of drug-likeness (QED) is 0.846. The van der Waals surface area contributed by atoms with Crippen molar-refractivity contribution in [1.82, 2.24) is 19.8 Å². The van der Waals surface area contributed by atoms with Crippen molar-refractivity contribution < 1.29 is 4.79 Å². The molecule has 24 heavy (non-hydrogen) atoms. The zero-order valence-electron chi connectivity index (χ0n) is 14.0. The van der Waals surface area contributed by atoms with Gasteiger partial charge in [-0.05, 0) is 25.0 Å². The van der Waals surface area contributed by atoms with Crippen molar-refractivity contribution in [3.05, 3.63) is 49.1 Å². The number of benzene rings is 1. The highest BCUT2D eigenvalue weighted by atomic mass is 32.2. The van der Waals surface area contributed by atoms with Crippen LogP contribution in [0.25, 0.3) is 0 Å². The molecular weight excluding hydrogens is 320 g/mol. The number of imidazole rings is 1. The SMILES string of the molecule is C[C@@H](CNC(=O)N1CCC(n2ccnc2)CC1)Sc1ccccc1. The molecule has 6 heteroatoms. The van der Waals surface area contributed by atoms with Crippen LogP contribution in [0, 0.1) is 0 Å². The standard InChI is InChI=1S/C18H24N4OS/c1-15(24-17-5-3-2-4-6-17)13-20-18(23)21-10-7-16(8-11-21)22-12-9-19-14-22/h2-6,9,12,14-16H,7-8,10-11,13H2,1H3,(H,20,23)/t15-/m0/s1. The minimum absolute atomic E-state index is 0.0552. The molecule has 0 unspecified atom stereocenters. The Bertz CT molecular complexity index is 624. The van der Waals surface area contributed by atoms with Crippen molar-refractivity contribution in [2.24, 2.45) is 0 Å². The lowest BCUT2D eigenvalue weighted by Crippen LogP contribution is -2.46. The Balaban J connectivity index is 1.39. The van der Waals surface area contributed by atoms with Gasteiger partial charge in [-0.15, -0.1) is 11.8 Å². The van der Waals surface area contributed by atoms with E-state index in [-0.39, 0.29) is 6.03 Å². The average Bonchev–Trinajstić information content (AvgIpc) is 3.15. The van der Waals surface area contributed by atoms with E-state index in [2.05, 4.69) is 33.9 Å². The van der Waals surface area contributed by atoms with Gasteiger partial charge >= 0.3 is 6.03 Å². The number of hydrogen-bond acceptors (Lipinski definition) is 3. The Kier molecular flexibility index (Phi) is 5.80. The highest BCUT2D eigenvalue weighted by molar-refractivity contribution is 8.00. The molecule has 0 spiro atoms. The first-order valence-corrected chi connectivity index (χ1v) is 9.32. The van der Waals surface area contributed by atoms with Crippen LogP contribution in [0.1, 0.15) is 25.8 Å². The normalized spacial score (nSPS) is 16.8. The lowest BCUT2D eigenvalue weighted by Gasteiger charge is -2.32. The Morgan fingerprint density at radius 1 is 1.33 bits per heavy atom. The van der Waals surface area contributed by atoms with Crippen LogP contribution >= 0.6 is 11.8 Å². The topological polar surface area (TPSA) is 50.2 Å². The van der Waals surface area contributed by atoms with Crippen molar-refractivity contribution in [3.8, 4) is 0 Å². The third-order valence-corrected chi connectivity index (χ3v) is 5.43. The molecule has 0 radical (unpaired) electrons. The molecule has 1 saturated heterocycles. The Morgan fingerprint density at radius 3 is 2.75 bits per heavy atom. The molecule has 128 valence electrons. The van der Waals surface area contributed by atoms with Crippen molar-refractivity contribution in [2.75, 3.05) is 19.6 Å². The monoisotopic (exact) mass is 344 g/mol. The number of rotatable bonds is 5. The fraction of sp³-hybridized carbons (Fsp3) is 0.444. The number of piperidine rings is 1. The van der Waals surface area contributed by atoms with E-state index in [4.69, 9.17) is 0 Å². The van der Waals surface area contributed by atoms with E-state index in [0.717, 1.165) is 25.9 Å². The summed E-state index contributed by atoms with van der Waals surface area (Å²) in [4.78, 5) is 19.6. The largest absolute Gasteiger partial charge is 0.337 e. The number of likely N-dealkylation sites (tertiary alicyclic amines) is 1. The third-order valence-electron chi connectivity index (χ3n) is 4.32. The van der Waals surface area contributed by atoms with Gasteiger partial charge in [-0.1, -0.05) is 25.1 Å². The highest BCUT2D eigenvalue weighted by Gasteiger charge is 2.23. The van der Waals surface area contributed by atoms with E-state index >= 15 is 0 Å². The van der Waals surface area contributed by atoms with Crippen LogP contribution in [0.5, 0.6) is 0 Å². The molecule has 5 nitrogen and oxygen atoms in total. The fourth-order valence-corrected chi connectivity index (χ4v) is 3.91. The molecule has 1 aliphatic rings. The van der Waals surface area contributed by atoms with Gasteiger partial charge in [-0.25, -0.2) is 9.78 Å². The van der Waals surface area contributed by atoms with Gasteiger partial charge in [0.25, 0.3) is 0 Å². The molecule has 1 aromatic carbocycles. The third kappa shape index (κ3) is 4.54. The number of amides is 2. The van der Waals surface area contributed by atoms with Gasteiger partial charge in [-0.3, -0.25) is 0 Å². The molecule has 1 N–H and O–H groups in total. The Labute approximate surface area is 147 Å². The number of aromatic nitrogens is 2. The van der Waals surface area contributed by atoms with E-state index < -0.39 is 0 Å². The maximum absolute atomic E-state index is 12.3. The van der Waals surface area contributed by atoms with Crippen molar-refractivity contribution >= 4 is 17.8 Å². The van der Waals surface area contributed by atoms with Crippen molar-refractivity contribution in [1.29, 1.82) is 0 Å². The molecule has 1 atom stereocenters. The van der Waals surface area contributed by atoms with Crippen molar-refractivity contribution in [3.63, 3.8) is 0 Å². The number of carbonyl (C=O) groups is 1. The zero-order valence-corrected chi connectivity index (χ0v) is 14.8. The minimum Gasteiger partial charge on any atom is -0.337 e. The number of carbonyl (C=O) groups excluding carboxylic acids is 1. The van der Waals surface area contributed by atoms with E-state index in [1.165, 1.54) is 4.90 Å². The van der Waals surface area contributed by atoms with E-state index in [1.807, 2.05) is 41.8 Å². The van der Waals surface area contributed by atoms with Crippen LogP contribution in [0.3, 0.4) is 0 Å². The van der Waals surface area contributed by atoms with Crippen LogP contribution in [0.15, 0.2) is 53.9 Å². The van der Waals surface area contributed by atoms with E-state index in [1.54, 1.807) is 11.8 Å². The lowest BCUT2D eigenvalue weighted by molar-refractivity contribution is 0.172. The average molecular weight is 344 g/mol. The smallest absolute Gasteiger partial charge is 0.317 e. The Morgan fingerprint density at radius 2 is 2.08 bits per heavy atom. The van der Waals surface area contributed by atoms with Gasteiger partial charge in [0, 0.05) is 48.2 Å². The second kappa shape index (κ2) is 8.24. The molecule has 2 aromatic rings. The number of nitrogens with one attached hydrogen (secondary N) is 1. The maximum atomic E-state index is 12.3. The first kappa shape index (κ1) is 16.9. The van der Waals surface area contributed by atoms with Gasteiger partial charge < -0.3 is 14.8 Å². The second-order valence-electron chi connectivity index (χ2n) is 6.16. The molecule has 2 heterocycles. The van der Waals surface area contributed by atoms with Crippen LogP contribution < -0.4 is 5.32 Å². The summed E-state index contributed by atoms with van der Waals surface area (Å²) in [5.41, 5.74) is 0. The zero-order chi connectivity index (χ0) is 16.8. The molecule has 3 rings (SSSR count). The van der Waals surface area contributed by atoms with Crippen molar-refractivity contribution in [2.45, 2.75) is 36.0 Å². The summed E-state index contributed by atoms with van der Waals surface area (Å²) >= 11 is 1.79. The fourth-order valence-electron chi connectivity index (χ4n) is 2.97. The molecule has 0 saturated carbocycles. The van der Waals surface area contributed by atoms with Crippen LogP contribution in [-0.2, 0) is 0 Å². The molecular formula is C18H24N4OS.